The van der Waals surface area contributed by atoms with Crippen LogP contribution < -0.4 is 0 Å². The number of carbonyl (C=O) groups excluding carboxylic acids is 2. The minimum atomic E-state index is -0.448. The second-order valence-electron chi connectivity index (χ2n) is 9.57. The average Bonchev–Trinajstić information content (AvgIpc) is 3.36. The first kappa shape index (κ1) is 28.5. The van der Waals surface area contributed by atoms with Crippen LogP contribution in [0.2, 0.25) is 0 Å². The van der Waals surface area contributed by atoms with E-state index in [0.29, 0.717) is 70.3 Å². The summed E-state index contributed by atoms with van der Waals surface area (Å²) in [4.78, 5) is 26.2. The Hall–Kier alpha value is -4.46. The number of benzene rings is 2. The summed E-state index contributed by atoms with van der Waals surface area (Å²) in [5.41, 5.74) is 5.10. The SMILES string of the molecule is C=CCc1c(O)ccc2c1c(C(=O)OCC)c(C)n2CCn1c(C)c(C(=O)OCC)c2c(CC=C)c(O)ccc21. The lowest BCUT2D eigenvalue weighted by atomic mass is 10.0. The van der Waals surface area contributed by atoms with Crippen molar-refractivity contribution in [2.24, 2.45) is 0 Å². The number of carbonyl (C=O) groups is 2. The molecule has 4 aromatic rings. The van der Waals surface area contributed by atoms with Crippen molar-refractivity contribution in [1.82, 2.24) is 9.13 Å². The van der Waals surface area contributed by atoms with Crippen molar-refractivity contribution in [2.45, 2.75) is 53.6 Å². The number of hydrogen-bond donors (Lipinski definition) is 2. The lowest BCUT2D eigenvalue weighted by molar-refractivity contribution is 0.0517. The quantitative estimate of drug-likeness (QED) is 0.174. The lowest BCUT2D eigenvalue weighted by Crippen LogP contribution is -2.12. The molecule has 0 atom stereocenters. The Bertz CT molecular complexity index is 1520. The molecular weight excluding hydrogens is 508 g/mol. The molecule has 2 heterocycles. The molecule has 0 aliphatic heterocycles. The van der Waals surface area contributed by atoms with E-state index in [1.165, 1.54) is 0 Å². The summed E-state index contributed by atoms with van der Waals surface area (Å²) in [7, 11) is 0. The van der Waals surface area contributed by atoms with E-state index in [0.717, 1.165) is 11.0 Å². The maximum Gasteiger partial charge on any atom is 0.340 e. The fraction of sp³-hybridized carbons (Fsp3) is 0.312. The highest BCUT2D eigenvalue weighted by Crippen LogP contribution is 2.37. The fourth-order valence-electron chi connectivity index (χ4n) is 5.63. The van der Waals surface area contributed by atoms with Gasteiger partial charge in [0.1, 0.15) is 11.5 Å². The molecule has 0 spiro atoms. The molecule has 8 nitrogen and oxygen atoms in total. The van der Waals surface area contributed by atoms with Crippen molar-refractivity contribution in [3.63, 3.8) is 0 Å². The Morgan fingerprint density at radius 2 is 1.12 bits per heavy atom. The monoisotopic (exact) mass is 544 g/mol. The summed E-state index contributed by atoms with van der Waals surface area (Å²) in [6, 6.07) is 6.87. The number of hydrogen-bond acceptors (Lipinski definition) is 6. The van der Waals surface area contributed by atoms with Crippen molar-refractivity contribution in [2.75, 3.05) is 13.2 Å². The first-order valence-electron chi connectivity index (χ1n) is 13.4. The molecule has 0 saturated carbocycles. The number of phenolic OH excluding ortho intramolecular Hbond substituents is 2. The minimum absolute atomic E-state index is 0.0935. The van der Waals surface area contributed by atoms with Gasteiger partial charge in [0, 0.05) is 57.4 Å². The summed E-state index contributed by atoms with van der Waals surface area (Å²) < 4.78 is 14.9. The summed E-state index contributed by atoms with van der Waals surface area (Å²) in [5, 5.41) is 22.6. The highest BCUT2D eigenvalue weighted by molar-refractivity contribution is 6.09. The Morgan fingerprint density at radius 1 is 0.750 bits per heavy atom. The number of ether oxygens (including phenoxy) is 2. The first-order chi connectivity index (χ1) is 19.2. The predicted molar refractivity (Wildman–Crippen MR) is 156 cm³/mol. The first-order valence-corrected chi connectivity index (χ1v) is 13.4. The molecule has 4 rings (SSSR count). The Morgan fingerprint density at radius 3 is 1.45 bits per heavy atom. The second-order valence-corrected chi connectivity index (χ2v) is 9.57. The molecule has 2 aromatic carbocycles. The van der Waals surface area contributed by atoms with Gasteiger partial charge in [0.25, 0.3) is 0 Å². The molecule has 0 unspecified atom stereocenters. The smallest absolute Gasteiger partial charge is 0.340 e. The van der Waals surface area contributed by atoms with Crippen LogP contribution in [0, 0.1) is 13.8 Å². The average molecular weight is 545 g/mol. The Labute approximate surface area is 233 Å². The molecule has 0 aliphatic carbocycles. The molecule has 0 radical (unpaired) electrons. The zero-order valence-electron chi connectivity index (χ0n) is 23.5. The van der Waals surface area contributed by atoms with Crippen molar-refractivity contribution in [1.29, 1.82) is 0 Å². The van der Waals surface area contributed by atoms with Crippen LogP contribution in [0.5, 0.6) is 11.5 Å². The highest BCUT2D eigenvalue weighted by Gasteiger charge is 2.27. The van der Waals surface area contributed by atoms with Crippen LogP contribution in [0.4, 0.5) is 0 Å². The van der Waals surface area contributed by atoms with Crippen LogP contribution in [0.15, 0.2) is 49.6 Å². The molecular formula is C32H36N2O6. The van der Waals surface area contributed by atoms with Gasteiger partial charge in [-0.2, -0.15) is 0 Å². The van der Waals surface area contributed by atoms with Crippen molar-refractivity contribution >= 4 is 33.7 Å². The van der Waals surface area contributed by atoms with E-state index in [9.17, 15) is 19.8 Å². The molecule has 40 heavy (non-hydrogen) atoms. The fourth-order valence-corrected chi connectivity index (χ4v) is 5.63. The van der Waals surface area contributed by atoms with E-state index in [1.807, 2.05) is 23.0 Å². The second kappa shape index (κ2) is 11.7. The third-order valence-electron chi connectivity index (χ3n) is 7.35. The third kappa shape index (κ3) is 4.74. The van der Waals surface area contributed by atoms with Crippen molar-refractivity contribution < 1.29 is 29.3 Å². The molecule has 2 aromatic heterocycles. The Kier molecular flexibility index (Phi) is 8.38. The lowest BCUT2D eigenvalue weighted by Gasteiger charge is -2.13. The summed E-state index contributed by atoms with van der Waals surface area (Å²) in [6.07, 6.45) is 4.16. The van der Waals surface area contributed by atoms with Gasteiger partial charge < -0.3 is 28.8 Å². The highest BCUT2D eigenvalue weighted by atomic mass is 16.5. The van der Waals surface area contributed by atoms with E-state index in [1.54, 1.807) is 50.3 Å². The number of allylic oxidation sites excluding steroid dienone is 2. The summed E-state index contributed by atoms with van der Waals surface area (Å²) in [5.74, 6) is -0.709. The van der Waals surface area contributed by atoms with Crippen LogP contribution in [0.25, 0.3) is 21.8 Å². The molecule has 0 saturated heterocycles. The number of aryl methyl sites for hydroxylation is 2. The molecule has 2 N–H and O–H groups in total. The normalized spacial score (nSPS) is 11.2. The maximum absolute atomic E-state index is 13.1. The van der Waals surface area contributed by atoms with E-state index in [2.05, 4.69) is 13.2 Å². The topological polar surface area (TPSA) is 103 Å². The van der Waals surface area contributed by atoms with Gasteiger partial charge in [-0.25, -0.2) is 9.59 Å². The molecule has 0 bridgehead atoms. The van der Waals surface area contributed by atoms with Gasteiger partial charge in [-0.15, -0.1) is 13.2 Å². The molecule has 0 amide bonds. The number of phenols is 2. The zero-order valence-corrected chi connectivity index (χ0v) is 23.5. The zero-order chi connectivity index (χ0) is 29.1. The molecule has 210 valence electrons. The predicted octanol–water partition coefficient (Wildman–Crippen LogP) is 6.13. The largest absolute Gasteiger partial charge is 0.508 e. The Balaban J connectivity index is 1.91. The van der Waals surface area contributed by atoms with Gasteiger partial charge in [-0.1, -0.05) is 12.2 Å². The molecule has 0 aliphatic rings. The van der Waals surface area contributed by atoms with E-state index >= 15 is 0 Å². The number of aromatic nitrogens is 2. The molecule has 8 heteroatoms. The van der Waals surface area contributed by atoms with Crippen LogP contribution in [0.3, 0.4) is 0 Å². The van der Waals surface area contributed by atoms with E-state index < -0.39 is 11.9 Å². The van der Waals surface area contributed by atoms with Gasteiger partial charge in [0.15, 0.2) is 0 Å². The third-order valence-corrected chi connectivity index (χ3v) is 7.35. The van der Waals surface area contributed by atoms with Gasteiger partial charge in [-0.3, -0.25) is 0 Å². The van der Waals surface area contributed by atoms with Crippen LogP contribution in [-0.2, 0) is 35.4 Å². The summed E-state index contributed by atoms with van der Waals surface area (Å²) >= 11 is 0. The van der Waals surface area contributed by atoms with Crippen molar-refractivity contribution in [3.8, 4) is 11.5 Å². The molecule has 0 fully saturated rings. The van der Waals surface area contributed by atoms with Crippen molar-refractivity contribution in [3.05, 3.63) is 83.2 Å². The summed E-state index contributed by atoms with van der Waals surface area (Å²) in [6.45, 7) is 16.3. The number of nitrogens with zero attached hydrogens (tertiary/aromatic N) is 2. The minimum Gasteiger partial charge on any atom is -0.508 e. The number of rotatable bonds is 11. The van der Waals surface area contributed by atoms with Crippen LogP contribution in [-0.4, -0.2) is 44.5 Å². The van der Waals surface area contributed by atoms with Gasteiger partial charge >= 0.3 is 11.9 Å². The number of fused-ring (bicyclic) bond motifs is 2. The van der Waals surface area contributed by atoms with E-state index in [4.69, 9.17) is 9.47 Å². The number of esters is 2. The van der Waals surface area contributed by atoms with Gasteiger partial charge in [0.05, 0.1) is 24.3 Å². The van der Waals surface area contributed by atoms with Crippen LogP contribution >= 0.6 is 0 Å². The maximum atomic E-state index is 13.1. The van der Waals surface area contributed by atoms with Crippen LogP contribution in [0.1, 0.15) is 57.1 Å². The van der Waals surface area contributed by atoms with Gasteiger partial charge in [-0.05, 0) is 64.8 Å². The van der Waals surface area contributed by atoms with Gasteiger partial charge in [0.2, 0.25) is 0 Å². The standard InChI is InChI=1S/C32H36N2O6/c1-7-11-21-25(35)15-13-23-29(21)27(31(37)39-9-3)19(5)33(23)17-18-34-20(6)28(32(38)40-10-4)30-22(12-8-2)26(36)16-14-24(30)34/h7-8,13-16,35-36H,1-2,9-12,17-18H2,3-6H3. The van der Waals surface area contributed by atoms with E-state index in [-0.39, 0.29) is 24.7 Å². The number of aromatic hydroxyl groups is 2.